The molecule has 1 aliphatic heterocycles. The maximum absolute atomic E-state index is 12.8. The highest BCUT2D eigenvalue weighted by atomic mass is 35.5. The number of amides is 1. The lowest BCUT2D eigenvalue weighted by Gasteiger charge is -2.34. The Morgan fingerprint density at radius 3 is 2.54 bits per heavy atom. The number of H-pyrrole nitrogens is 1. The number of aromatic nitrogens is 4. The number of aryl methyl sites for hydroxylation is 2. The average Bonchev–Trinajstić information content (AvgIpc) is 3.29. The molecule has 1 amide bonds. The van der Waals surface area contributed by atoms with Gasteiger partial charge in [0.05, 0.1) is 11.4 Å². The van der Waals surface area contributed by atoms with Gasteiger partial charge in [-0.3, -0.25) is 19.5 Å². The Kier molecular flexibility index (Phi) is 5.19. The number of hydrogen-bond donors (Lipinski definition) is 1. The van der Waals surface area contributed by atoms with E-state index in [4.69, 9.17) is 11.6 Å². The lowest BCUT2D eigenvalue weighted by molar-refractivity contribution is 0.0622. The second kappa shape index (κ2) is 7.77. The summed E-state index contributed by atoms with van der Waals surface area (Å²) in [6.45, 7) is 6.00. The minimum atomic E-state index is -0.00933. The molecule has 0 spiro atoms. The zero-order valence-electron chi connectivity index (χ0n) is 16.0. The standard InChI is InChI=1S/C20H23ClN6O/c1-14-16(12-25(2)24-14)13-26-7-9-27(10-8-26)20(28)19-11-18(22-23-19)15-3-5-17(21)6-4-15/h3-6,11-12H,7-10,13H2,1-2H3,(H,22,23). The van der Waals surface area contributed by atoms with Crippen molar-refractivity contribution in [2.45, 2.75) is 13.5 Å². The number of carbonyl (C=O) groups excluding carboxylic acids is 1. The molecule has 0 aliphatic carbocycles. The first kappa shape index (κ1) is 18.7. The van der Waals surface area contributed by atoms with Crippen LogP contribution in [0.15, 0.2) is 36.5 Å². The summed E-state index contributed by atoms with van der Waals surface area (Å²) in [6, 6.07) is 9.22. The van der Waals surface area contributed by atoms with E-state index < -0.39 is 0 Å². The summed E-state index contributed by atoms with van der Waals surface area (Å²) in [6.07, 6.45) is 2.07. The lowest BCUT2D eigenvalue weighted by atomic mass is 10.1. The molecular formula is C20H23ClN6O. The molecule has 3 aromatic rings. The summed E-state index contributed by atoms with van der Waals surface area (Å²) in [7, 11) is 1.94. The summed E-state index contributed by atoms with van der Waals surface area (Å²) in [4.78, 5) is 17.1. The first-order valence-electron chi connectivity index (χ1n) is 9.32. The predicted octanol–water partition coefficient (Wildman–Crippen LogP) is 2.73. The molecule has 146 valence electrons. The van der Waals surface area contributed by atoms with Crippen molar-refractivity contribution in [2.24, 2.45) is 7.05 Å². The molecular weight excluding hydrogens is 376 g/mol. The minimum Gasteiger partial charge on any atom is -0.335 e. The zero-order chi connectivity index (χ0) is 19.7. The van der Waals surface area contributed by atoms with Crippen LogP contribution < -0.4 is 0 Å². The molecule has 4 rings (SSSR count). The van der Waals surface area contributed by atoms with Crippen molar-refractivity contribution in [3.05, 3.63) is 58.5 Å². The maximum Gasteiger partial charge on any atom is 0.271 e. The van der Waals surface area contributed by atoms with Gasteiger partial charge in [-0.2, -0.15) is 10.2 Å². The molecule has 1 fully saturated rings. The molecule has 0 saturated carbocycles. The molecule has 0 unspecified atom stereocenters. The normalized spacial score (nSPS) is 15.2. The Morgan fingerprint density at radius 1 is 1.18 bits per heavy atom. The van der Waals surface area contributed by atoms with E-state index in [1.165, 1.54) is 5.56 Å². The Labute approximate surface area is 168 Å². The van der Waals surface area contributed by atoms with E-state index in [1.54, 1.807) is 6.07 Å². The van der Waals surface area contributed by atoms with Gasteiger partial charge in [0, 0.05) is 62.1 Å². The van der Waals surface area contributed by atoms with Crippen molar-refractivity contribution in [2.75, 3.05) is 26.2 Å². The van der Waals surface area contributed by atoms with E-state index >= 15 is 0 Å². The molecule has 0 radical (unpaired) electrons. The highest BCUT2D eigenvalue weighted by molar-refractivity contribution is 6.30. The van der Waals surface area contributed by atoms with Gasteiger partial charge < -0.3 is 4.90 Å². The topological polar surface area (TPSA) is 70.1 Å². The van der Waals surface area contributed by atoms with E-state index in [1.807, 2.05) is 47.8 Å². The van der Waals surface area contributed by atoms with E-state index in [0.29, 0.717) is 23.8 Å². The molecule has 8 heteroatoms. The SMILES string of the molecule is Cc1nn(C)cc1CN1CCN(C(=O)c2cc(-c3ccc(Cl)cc3)n[nH]2)CC1. The third-order valence-electron chi connectivity index (χ3n) is 5.12. The Hall–Kier alpha value is -2.64. The molecule has 1 aromatic carbocycles. The van der Waals surface area contributed by atoms with Crippen LogP contribution in [0.2, 0.25) is 5.02 Å². The number of aromatic amines is 1. The van der Waals surface area contributed by atoms with Crippen molar-refractivity contribution in [1.82, 2.24) is 29.8 Å². The summed E-state index contributed by atoms with van der Waals surface area (Å²) in [5.74, 6) is -0.00933. The van der Waals surface area contributed by atoms with Gasteiger partial charge in [0.15, 0.2) is 0 Å². The van der Waals surface area contributed by atoms with Crippen molar-refractivity contribution < 1.29 is 4.79 Å². The predicted molar refractivity (Wildman–Crippen MR) is 108 cm³/mol. The molecule has 1 N–H and O–H groups in total. The molecule has 0 atom stereocenters. The number of carbonyl (C=O) groups is 1. The van der Waals surface area contributed by atoms with Gasteiger partial charge in [-0.25, -0.2) is 0 Å². The lowest BCUT2D eigenvalue weighted by Crippen LogP contribution is -2.48. The second-order valence-corrected chi connectivity index (χ2v) is 7.59. The number of benzene rings is 1. The maximum atomic E-state index is 12.8. The van der Waals surface area contributed by atoms with Gasteiger partial charge in [-0.15, -0.1) is 0 Å². The van der Waals surface area contributed by atoms with Gasteiger partial charge in [0.1, 0.15) is 5.69 Å². The molecule has 1 saturated heterocycles. The first-order chi connectivity index (χ1) is 13.5. The fourth-order valence-corrected chi connectivity index (χ4v) is 3.65. The van der Waals surface area contributed by atoms with Gasteiger partial charge in [-0.1, -0.05) is 23.7 Å². The van der Waals surface area contributed by atoms with Gasteiger partial charge in [0.2, 0.25) is 0 Å². The molecule has 28 heavy (non-hydrogen) atoms. The van der Waals surface area contributed by atoms with E-state index in [2.05, 4.69) is 26.4 Å². The average molecular weight is 399 g/mol. The van der Waals surface area contributed by atoms with Crippen LogP contribution >= 0.6 is 11.6 Å². The number of piperazine rings is 1. The van der Waals surface area contributed by atoms with Crippen molar-refractivity contribution >= 4 is 17.5 Å². The Bertz CT molecular complexity index is 969. The zero-order valence-corrected chi connectivity index (χ0v) is 16.8. The summed E-state index contributed by atoms with van der Waals surface area (Å²) >= 11 is 5.93. The highest BCUT2D eigenvalue weighted by Gasteiger charge is 2.24. The molecule has 3 heterocycles. The molecule has 7 nitrogen and oxygen atoms in total. The fourth-order valence-electron chi connectivity index (χ4n) is 3.52. The molecule has 0 bridgehead atoms. The van der Waals surface area contributed by atoms with Crippen LogP contribution in [0.25, 0.3) is 11.3 Å². The van der Waals surface area contributed by atoms with Crippen LogP contribution in [-0.2, 0) is 13.6 Å². The van der Waals surface area contributed by atoms with E-state index in [-0.39, 0.29) is 5.91 Å². The third kappa shape index (κ3) is 3.95. The summed E-state index contributed by atoms with van der Waals surface area (Å²) < 4.78 is 1.85. The van der Waals surface area contributed by atoms with Crippen molar-refractivity contribution in [3.8, 4) is 11.3 Å². The van der Waals surface area contributed by atoms with Crippen LogP contribution in [0.5, 0.6) is 0 Å². The second-order valence-electron chi connectivity index (χ2n) is 7.16. The van der Waals surface area contributed by atoms with E-state index in [9.17, 15) is 4.79 Å². The van der Waals surface area contributed by atoms with E-state index in [0.717, 1.165) is 36.6 Å². The fraction of sp³-hybridized carbons (Fsp3) is 0.350. The van der Waals surface area contributed by atoms with Crippen molar-refractivity contribution in [3.63, 3.8) is 0 Å². The molecule has 1 aliphatic rings. The largest absolute Gasteiger partial charge is 0.335 e. The van der Waals surface area contributed by atoms with Crippen LogP contribution in [0, 0.1) is 6.92 Å². The number of nitrogens with zero attached hydrogens (tertiary/aromatic N) is 5. The number of rotatable bonds is 4. The van der Waals surface area contributed by atoms with Gasteiger partial charge in [-0.05, 0) is 25.1 Å². The quantitative estimate of drug-likeness (QED) is 0.733. The van der Waals surface area contributed by atoms with Crippen molar-refractivity contribution in [1.29, 1.82) is 0 Å². The Balaban J connectivity index is 1.36. The monoisotopic (exact) mass is 398 g/mol. The highest BCUT2D eigenvalue weighted by Crippen LogP contribution is 2.21. The number of nitrogens with one attached hydrogen (secondary N) is 1. The summed E-state index contributed by atoms with van der Waals surface area (Å²) in [5.41, 5.74) is 4.49. The minimum absolute atomic E-state index is 0.00933. The molecule has 2 aromatic heterocycles. The van der Waals surface area contributed by atoms with Crippen LogP contribution in [0.3, 0.4) is 0 Å². The van der Waals surface area contributed by atoms with Gasteiger partial charge in [0.25, 0.3) is 5.91 Å². The van der Waals surface area contributed by atoms with Crippen LogP contribution in [0.1, 0.15) is 21.7 Å². The van der Waals surface area contributed by atoms with Gasteiger partial charge >= 0.3 is 0 Å². The summed E-state index contributed by atoms with van der Waals surface area (Å²) in [5, 5.41) is 12.2. The smallest absolute Gasteiger partial charge is 0.271 e. The van der Waals surface area contributed by atoms with Crippen LogP contribution in [0.4, 0.5) is 0 Å². The van der Waals surface area contributed by atoms with Crippen LogP contribution in [-0.4, -0.2) is 61.9 Å². The number of hydrogen-bond acceptors (Lipinski definition) is 4. The third-order valence-corrected chi connectivity index (χ3v) is 5.37. The Morgan fingerprint density at radius 2 is 1.89 bits per heavy atom. The first-order valence-corrected chi connectivity index (χ1v) is 9.69. The number of halogens is 1.